The fraction of sp³-hybridized carbons (Fsp3) is 0.333. The fourth-order valence-corrected chi connectivity index (χ4v) is 4.10. The highest BCUT2D eigenvalue weighted by Gasteiger charge is 2.68. The monoisotopic (exact) mass is 394 g/mol. The van der Waals surface area contributed by atoms with Crippen molar-refractivity contribution in [2.24, 2.45) is 11.8 Å². The molecule has 2 saturated heterocycles. The van der Waals surface area contributed by atoms with Gasteiger partial charge in [-0.25, -0.2) is 4.90 Å². The van der Waals surface area contributed by atoms with E-state index in [1.165, 1.54) is 18.2 Å². The molecule has 0 aliphatic carbocycles. The molecule has 124 valence electrons. The van der Waals surface area contributed by atoms with Gasteiger partial charge in [0.1, 0.15) is 11.3 Å². The molecule has 0 radical (unpaired) electrons. The minimum Gasteiger partial charge on any atom is -0.393 e. The van der Waals surface area contributed by atoms with Crippen LogP contribution in [-0.4, -0.2) is 40.2 Å². The summed E-state index contributed by atoms with van der Waals surface area (Å²) >= 11 is 3.14. The lowest BCUT2D eigenvalue weighted by atomic mass is 9.77. The average molecular weight is 395 g/mol. The number of nitrogens with zero attached hydrogens (tertiary/aromatic N) is 2. The van der Waals surface area contributed by atoms with Crippen molar-refractivity contribution in [1.29, 1.82) is 0 Å². The topological polar surface area (TPSA) is 110 Å². The average Bonchev–Trinajstić information content (AvgIpc) is 3.19. The number of fused-ring (bicyclic) bond motifs is 5. The Labute approximate surface area is 144 Å². The van der Waals surface area contributed by atoms with Gasteiger partial charge in [0.15, 0.2) is 0 Å². The molecular weight excluding hydrogens is 384 g/mol. The molecule has 9 heteroatoms. The normalized spacial score (nSPS) is 33.4. The molecule has 3 heterocycles. The van der Waals surface area contributed by atoms with Gasteiger partial charge in [-0.3, -0.25) is 19.7 Å². The van der Waals surface area contributed by atoms with E-state index in [0.29, 0.717) is 4.47 Å². The first kappa shape index (κ1) is 15.4. The molecule has 1 N–H and O–H groups in total. The largest absolute Gasteiger partial charge is 0.393 e. The molecular formula is C15H11BrN2O6. The summed E-state index contributed by atoms with van der Waals surface area (Å²) in [7, 11) is 0. The third kappa shape index (κ3) is 1.80. The lowest BCUT2D eigenvalue weighted by Gasteiger charge is -2.26. The van der Waals surface area contributed by atoms with E-state index in [2.05, 4.69) is 15.9 Å². The van der Waals surface area contributed by atoms with E-state index in [0.717, 1.165) is 4.90 Å². The van der Waals surface area contributed by atoms with E-state index < -0.39 is 46.9 Å². The van der Waals surface area contributed by atoms with Crippen molar-refractivity contribution in [2.45, 2.75) is 11.7 Å². The molecule has 1 aromatic rings. The molecule has 3 aliphatic heterocycles. The van der Waals surface area contributed by atoms with E-state index >= 15 is 0 Å². The number of carbonyl (C=O) groups is 2. The number of benzene rings is 1. The van der Waals surface area contributed by atoms with Gasteiger partial charge in [0.25, 0.3) is 5.69 Å². The molecule has 0 saturated carbocycles. The molecule has 2 amide bonds. The minimum atomic E-state index is -1.22. The van der Waals surface area contributed by atoms with Crippen molar-refractivity contribution in [2.75, 3.05) is 11.5 Å². The molecule has 2 fully saturated rings. The molecule has 3 aliphatic rings. The van der Waals surface area contributed by atoms with Crippen LogP contribution < -0.4 is 4.90 Å². The van der Waals surface area contributed by atoms with Gasteiger partial charge in [0.2, 0.25) is 11.8 Å². The second kappa shape index (κ2) is 4.95. The number of anilines is 1. The number of ether oxygens (including phenoxy) is 1. The Kier molecular flexibility index (Phi) is 3.18. The second-order valence-corrected chi connectivity index (χ2v) is 6.88. The van der Waals surface area contributed by atoms with Crippen molar-refractivity contribution < 1.29 is 24.4 Å². The summed E-state index contributed by atoms with van der Waals surface area (Å²) in [4.78, 5) is 37.2. The number of nitro groups is 1. The van der Waals surface area contributed by atoms with Crippen molar-refractivity contribution in [3.63, 3.8) is 0 Å². The third-order valence-electron chi connectivity index (χ3n) is 4.78. The van der Waals surface area contributed by atoms with E-state index in [4.69, 9.17) is 4.74 Å². The summed E-state index contributed by atoms with van der Waals surface area (Å²) in [5.41, 5.74) is -1.63. The van der Waals surface area contributed by atoms with Crippen LogP contribution >= 0.6 is 15.9 Å². The Morgan fingerprint density at radius 2 is 2.12 bits per heavy atom. The number of aliphatic hydroxyl groups is 1. The maximum absolute atomic E-state index is 12.9. The lowest BCUT2D eigenvalue weighted by molar-refractivity contribution is -0.384. The van der Waals surface area contributed by atoms with E-state index in [1.807, 2.05) is 0 Å². The number of nitro benzene ring substituents is 1. The minimum absolute atomic E-state index is 0.0694. The third-order valence-corrected chi connectivity index (χ3v) is 5.27. The smallest absolute Gasteiger partial charge is 0.294 e. The number of imide groups is 1. The highest BCUT2D eigenvalue weighted by molar-refractivity contribution is 9.10. The molecule has 2 bridgehead atoms. The van der Waals surface area contributed by atoms with Crippen LogP contribution in [0.1, 0.15) is 0 Å². The van der Waals surface area contributed by atoms with Crippen LogP contribution in [0.4, 0.5) is 11.4 Å². The zero-order chi connectivity index (χ0) is 17.2. The highest BCUT2D eigenvalue weighted by atomic mass is 79.9. The van der Waals surface area contributed by atoms with Crippen LogP contribution in [0.25, 0.3) is 0 Å². The Hall–Kier alpha value is -2.10. The summed E-state index contributed by atoms with van der Waals surface area (Å²) < 4.78 is 6.09. The molecule has 1 aromatic carbocycles. The van der Waals surface area contributed by atoms with Crippen LogP contribution in [-0.2, 0) is 14.3 Å². The molecule has 0 aromatic heterocycles. The number of amides is 2. The standard InChI is InChI=1S/C15H11BrN2O6/c16-7-1-2-8(9(5-7)18(22)23)17-13(20)11-10-3-4-15(6-19,24-10)12(11)14(17)21/h1-5,10-12,19H,6H2/t10-,11-,12+,15+/m1/s1. The molecule has 8 nitrogen and oxygen atoms in total. The van der Waals surface area contributed by atoms with Crippen molar-refractivity contribution >= 4 is 39.1 Å². The number of rotatable bonds is 3. The number of hydrogen-bond donors (Lipinski definition) is 1. The van der Waals surface area contributed by atoms with Gasteiger partial charge in [-0.05, 0) is 12.1 Å². The summed E-state index contributed by atoms with van der Waals surface area (Å²) in [5.74, 6) is -2.76. The molecule has 4 atom stereocenters. The van der Waals surface area contributed by atoms with Crippen LogP contribution in [0.2, 0.25) is 0 Å². The SMILES string of the molecule is O=C1[C@H]2[C@@H](C(=O)N1c1ccc(Br)cc1[N+](=O)[O-])[C@@]1(CO)C=C[C@H]2O1. The van der Waals surface area contributed by atoms with Gasteiger partial charge in [-0.2, -0.15) is 0 Å². The number of hydrogen-bond acceptors (Lipinski definition) is 6. The highest BCUT2D eigenvalue weighted by Crippen LogP contribution is 2.53. The Bertz CT molecular complexity index is 824. The van der Waals surface area contributed by atoms with Gasteiger partial charge in [-0.1, -0.05) is 28.1 Å². The lowest BCUT2D eigenvalue weighted by Crippen LogP contribution is -2.43. The second-order valence-electron chi connectivity index (χ2n) is 5.96. The number of aliphatic hydroxyl groups excluding tert-OH is 1. The fourth-order valence-electron chi connectivity index (χ4n) is 3.75. The van der Waals surface area contributed by atoms with Gasteiger partial charge < -0.3 is 9.84 Å². The Morgan fingerprint density at radius 3 is 2.79 bits per heavy atom. The van der Waals surface area contributed by atoms with Crippen LogP contribution in [0.3, 0.4) is 0 Å². The van der Waals surface area contributed by atoms with Crippen LogP contribution in [0.15, 0.2) is 34.8 Å². The summed E-state index contributed by atoms with van der Waals surface area (Å²) in [6, 6.07) is 4.14. The van der Waals surface area contributed by atoms with Crippen molar-refractivity contribution in [1.82, 2.24) is 0 Å². The first-order valence-electron chi connectivity index (χ1n) is 7.19. The Balaban J connectivity index is 1.82. The van der Waals surface area contributed by atoms with E-state index in [9.17, 15) is 24.8 Å². The van der Waals surface area contributed by atoms with Crippen LogP contribution in [0, 0.1) is 22.0 Å². The number of halogens is 1. The van der Waals surface area contributed by atoms with Crippen LogP contribution in [0.5, 0.6) is 0 Å². The zero-order valence-corrected chi connectivity index (χ0v) is 13.7. The summed E-state index contributed by atoms with van der Waals surface area (Å²) in [6.45, 7) is -0.434. The van der Waals surface area contributed by atoms with Gasteiger partial charge >= 0.3 is 0 Å². The van der Waals surface area contributed by atoms with E-state index in [1.54, 1.807) is 12.2 Å². The molecule has 0 spiro atoms. The molecule has 4 rings (SSSR count). The zero-order valence-electron chi connectivity index (χ0n) is 12.1. The van der Waals surface area contributed by atoms with Crippen molar-refractivity contribution in [3.05, 3.63) is 44.9 Å². The quantitative estimate of drug-likeness (QED) is 0.356. The van der Waals surface area contributed by atoms with Gasteiger partial charge in [0.05, 0.1) is 29.5 Å². The maximum Gasteiger partial charge on any atom is 0.294 e. The summed E-state index contributed by atoms with van der Waals surface area (Å²) in [6.07, 6.45) is 2.66. The van der Waals surface area contributed by atoms with Gasteiger partial charge in [-0.15, -0.1) is 0 Å². The molecule has 0 unspecified atom stereocenters. The molecule has 24 heavy (non-hydrogen) atoms. The van der Waals surface area contributed by atoms with E-state index in [-0.39, 0.29) is 11.4 Å². The first-order chi connectivity index (χ1) is 11.4. The van der Waals surface area contributed by atoms with Crippen molar-refractivity contribution in [3.8, 4) is 0 Å². The maximum atomic E-state index is 12.9. The predicted octanol–water partition coefficient (Wildman–Crippen LogP) is 1.16. The number of carbonyl (C=O) groups excluding carboxylic acids is 2. The van der Waals surface area contributed by atoms with Gasteiger partial charge in [0, 0.05) is 10.5 Å². The predicted molar refractivity (Wildman–Crippen MR) is 84.1 cm³/mol. The summed E-state index contributed by atoms with van der Waals surface area (Å²) in [5, 5.41) is 21.0. The Morgan fingerprint density at radius 1 is 1.38 bits per heavy atom. The first-order valence-corrected chi connectivity index (χ1v) is 7.99.